The van der Waals surface area contributed by atoms with E-state index in [1.807, 2.05) is 13.0 Å². The first-order valence-electron chi connectivity index (χ1n) is 5.87. The minimum atomic E-state index is 0.521. The van der Waals surface area contributed by atoms with Gasteiger partial charge in [0.25, 0.3) is 0 Å². The first kappa shape index (κ1) is 11.9. The van der Waals surface area contributed by atoms with Gasteiger partial charge in [-0.2, -0.15) is 0 Å². The summed E-state index contributed by atoms with van der Waals surface area (Å²) in [4.78, 5) is 4.55. The fourth-order valence-corrected chi connectivity index (χ4v) is 2.51. The molecule has 1 heterocycles. The van der Waals surface area contributed by atoms with Crippen LogP contribution in [0.5, 0.6) is 0 Å². The molecule has 5 heteroatoms. The molecule has 3 rings (SSSR count). The SMILES string of the molecule is Cc1nc(-c2ccc(Cl)c(Cl)c2)c(N)n1C1CC1. The highest BCUT2D eigenvalue weighted by Crippen LogP contribution is 2.41. The Morgan fingerprint density at radius 1 is 1.28 bits per heavy atom. The summed E-state index contributed by atoms with van der Waals surface area (Å²) in [5.74, 6) is 1.67. The van der Waals surface area contributed by atoms with Gasteiger partial charge in [-0.15, -0.1) is 0 Å². The predicted molar refractivity (Wildman–Crippen MR) is 75.1 cm³/mol. The van der Waals surface area contributed by atoms with Gasteiger partial charge in [0.1, 0.15) is 17.3 Å². The zero-order chi connectivity index (χ0) is 12.9. The lowest BCUT2D eigenvalue weighted by molar-refractivity contribution is 0.720. The minimum absolute atomic E-state index is 0.521. The van der Waals surface area contributed by atoms with E-state index in [-0.39, 0.29) is 0 Å². The molecular formula is C13H13Cl2N3. The van der Waals surface area contributed by atoms with Crippen LogP contribution in [0.3, 0.4) is 0 Å². The average molecular weight is 282 g/mol. The average Bonchev–Trinajstić information content (AvgIpc) is 3.10. The number of nitrogens with two attached hydrogens (primary N) is 1. The van der Waals surface area contributed by atoms with Crippen LogP contribution in [-0.2, 0) is 0 Å². The summed E-state index contributed by atoms with van der Waals surface area (Å²) in [5, 5.41) is 1.06. The number of halogens is 2. The second-order valence-electron chi connectivity index (χ2n) is 4.62. The first-order chi connectivity index (χ1) is 8.58. The Bertz CT molecular complexity index is 615. The number of benzene rings is 1. The molecule has 1 fully saturated rings. The van der Waals surface area contributed by atoms with Crippen molar-refractivity contribution < 1.29 is 0 Å². The zero-order valence-corrected chi connectivity index (χ0v) is 11.5. The second kappa shape index (κ2) is 4.18. The first-order valence-corrected chi connectivity index (χ1v) is 6.63. The van der Waals surface area contributed by atoms with Crippen LogP contribution in [0.25, 0.3) is 11.3 Å². The molecule has 0 aliphatic heterocycles. The van der Waals surface area contributed by atoms with Crippen LogP contribution in [0, 0.1) is 6.92 Å². The van der Waals surface area contributed by atoms with Gasteiger partial charge in [0.2, 0.25) is 0 Å². The highest BCUT2D eigenvalue weighted by Gasteiger charge is 2.28. The Morgan fingerprint density at radius 2 is 2.00 bits per heavy atom. The highest BCUT2D eigenvalue weighted by molar-refractivity contribution is 6.42. The van der Waals surface area contributed by atoms with Crippen LogP contribution >= 0.6 is 23.2 Å². The van der Waals surface area contributed by atoms with E-state index in [1.54, 1.807) is 12.1 Å². The molecule has 2 N–H and O–H groups in total. The maximum atomic E-state index is 6.19. The number of aromatic nitrogens is 2. The van der Waals surface area contributed by atoms with Gasteiger partial charge in [0, 0.05) is 11.6 Å². The van der Waals surface area contributed by atoms with E-state index in [0.717, 1.165) is 17.1 Å². The fourth-order valence-electron chi connectivity index (χ4n) is 2.21. The molecule has 0 bridgehead atoms. The molecule has 0 unspecified atom stereocenters. The van der Waals surface area contributed by atoms with Crippen LogP contribution in [0.2, 0.25) is 10.0 Å². The lowest BCUT2D eigenvalue weighted by Crippen LogP contribution is -2.02. The van der Waals surface area contributed by atoms with Crippen molar-refractivity contribution in [2.24, 2.45) is 0 Å². The fraction of sp³-hybridized carbons (Fsp3) is 0.308. The van der Waals surface area contributed by atoms with Crippen LogP contribution in [0.15, 0.2) is 18.2 Å². The van der Waals surface area contributed by atoms with Crippen molar-refractivity contribution in [1.82, 2.24) is 9.55 Å². The molecule has 0 radical (unpaired) electrons. The van der Waals surface area contributed by atoms with Crippen LogP contribution < -0.4 is 5.73 Å². The molecule has 1 aromatic heterocycles. The second-order valence-corrected chi connectivity index (χ2v) is 5.44. The van der Waals surface area contributed by atoms with E-state index < -0.39 is 0 Å². The Labute approximate surface area is 116 Å². The third kappa shape index (κ3) is 1.88. The lowest BCUT2D eigenvalue weighted by Gasteiger charge is -2.05. The Hall–Kier alpha value is -1.19. The van der Waals surface area contributed by atoms with E-state index >= 15 is 0 Å². The van der Waals surface area contributed by atoms with Gasteiger partial charge in [-0.05, 0) is 31.9 Å². The Balaban J connectivity index is 2.11. The van der Waals surface area contributed by atoms with Crippen molar-refractivity contribution in [1.29, 1.82) is 0 Å². The quantitative estimate of drug-likeness (QED) is 0.901. The third-order valence-electron chi connectivity index (χ3n) is 3.23. The molecule has 1 aliphatic carbocycles. The minimum Gasteiger partial charge on any atom is -0.383 e. The largest absolute Gasteiger partial charge is 0.383 e. The maximum absolute atomic E-state index is 6.19. The summed E-state index contributed by atoms with van der Waals surface area (Å²) in [6.07, 6.45) is 2.37. The van der Waals surface area contributed by atoms with E-state index in [2.05, 4.69) is 9.55 Å². The molecule has 1 saturated carbocycles. The van der Waals surface area contributed by atoms with Gasteiger partial charge in [-0.1, -0.05) is 29.3 Å². The summed E-state index contributed by atoms with van der Waals surface area (Å²) in [6, 6.07) is 5.99. The molecular weight excluding hydrogens is 269 g/mol. The van der Waals surface area contributed by atoms with E-state index in [0.29, 0.717) is 21.9 Å². The number of rotatable bonds is 2. The number of hydrogen-bond acceptors (Lipinski definition) is 2. The number of hydrogen-bond donors (Lipinski definition) is 1. The van der Waals surface area contributed by atoms with Crippen LogP contribution in [0.1, 0.15) is 24.7 Å². The molecule has 94 valence electrons. The molecule has 0 atom stereocenters. The van der Waals surface area contributed by atoms with Crippen molar-refractivity contribution >= 4 is 29.0 Å². The van der Waals surface area contributed by atoms with Crippen molar-refractivity contribution in [3.63, 3.8) is 0 Å². The topological polar surface area (TPSA) is 43.8 Å². The van der Waals surface area contributed by atoms with Crippen molar-refractivity contribution in [2.75, 3.05) is 5.73 Å². The van der Waals surface area contributed by atoms with E-state index in [9.17, 15) is 0 Å². The molecule has 2 aromatic rings. The zero-order valence-electron chi connectivity index (χ0n) is 9.95. The molecule has 0 saturated heterocycles. The summed E-state index contributed by atoms with van der Waals surface area (Å²) in [6.45, 7) is 1.98. The van der Waals surface area contributed by atoms with Crippen molar-refractivity contribution in [2.45, 2.75) is 25.8 Å². The van der Waals surface area contributed by atoms with Gasteiger partial charge >= 0.3 is 0 Å². The number of aryl methyl sites for hydroxylation is 1. The predicted octanol–water partition coefficient (Wildman–Crippen LogP) is 4.08. The van der Waals surface area contributed by atoms with E-state index in [4.69, 9.17) is 28.9 Å². The lowest BCUT2D eigenvalue weighted by atomic mass is 10.1. The molecule has 18 heavy (non-hydrogen) atoms. The Kier molecular flexibility index (Phi) is 2.76. The Morgan fingerprint density at radius 3 is 2.61 bits per heavy atom. The van der Waals surface area contributed by atoms with Crippen molar-refractivity contribution in [3.05, 3.63) is 34.1 Å². The molecule has 0 spiro atoms. The highest BCUT2D eigenvalue weighted by atomic mass is 35.5. The summed E-state index contributed by atoms with van der Waals surface area (Å²) in [7, 11) is 0. The van der Waals surface area contributed by atoms with Gasteiger partial charge in [0.15, 0.2) is 0 Å². The standard InChI is InChI=1S/C13H13Cl2N3/c1-7-17-12(13(16)18(7)9-3-4-9)8-2-5-10(14)11(15)6-8/h2,5-6,9H,3-4,16H2,1H3. The maximum Gasteiger partial charge on any atom is 0.131 e. The van der Waals surface area contributed by atoms with Gasteiger partial charge in [-0.25, -0.2) is 4.98 Å². The number of nitrogens with zero attached hydrogens (tertiary/aromatic N) is 2. The summed E-state index contributed by atoms with van der Waals surface area (Å²) >= 11 is 11.9. The van der Waals surface area contributed by atoms with Gasteiger partial charge in [-0.3, -0.25) is 0 Å². The number of anilines is 1. The molecule has 1 aliphatic rings. The molecule has 0 amide bonds. The number of nitrogen functional groups attached to an aromatic ring is 1. The van der Waals surface area contributed by atoms with Crippen LogP contribution in [-0.4, -0.2) is 9.55 Å². The molecule has 3 nitrogen and oxygen atoms in total. The van der Waals surface area contributed by atoms with Crippen molar-refractivity contribution in [3.8, 4) is 11.3 Å². The van der Waals surface area contributed by atoms with Gasteiger partial charge < -0.3 is 10.3 Å². The summed E-state index contributed by atoms with van der Waals surface area (Å²) in [5.41, 5.74) is 7.89. The number of imidazole rings is 1. The van der Waals surface area contributed by atoms with Gasteiger partial charge in [0.05, 0.1) is 10.0 Å². The third-order valence-corrected chi connectivity index (χ3v) is 3.97. The normalized spacial score (nSPS) is 15.1. The molecule has 1 aromatic carbocycles. The van der Waals surface area contributed by atoms with E-state index in [1.165, 1.54) is 12.8 Å². The monoisotopic (exact) mass is 281 g/mol. The smallest absolute Gasteiger partial charge is 0.131 e. The summed E-state index contributed by atoms with van der Waals surface area (Å²) < 4.78 is 2.11. The van der Waals surface area contributed by atoms with Crippen LogP contribution in [0.4, 0.5) is 5.82 Å².